The van der Waals surface area contributed by atoms with Gasteiger partial charge in [-0.3, -0.25) is 0 Å². The van der Waals surface area contributed by atoms with Crippen LogP contribution in [0.15, 0.2) is 6.33 Å². The molecule has 2 unspecified atom stereocenters. The van der Waals surface area contributed by atoms with Crippen LogP contribution in [0.2, 0.25) is 0 Å². The quantitative estimate of drug-likeness (QED) is 0.718. The average molecular weight is 196 g/mol. The highest BCUT2D eigenvalue weighted by Gasteiger charge is 2.42. The normalized spacial score (nSPS) is 32.4. The Labute approximate surface area is 83.3 Å². The maximum atomic E-state index is 6.02. The summed E-state index contributed by atoms with van der Waals surface area (Å²) in [5.74, 6) is 0.935. The van der Waals surface area contributed by atoms with Gasteiger partial charge < -0.3 is 15.0 Å². The molecular formula is C9H16N4O. The SMILES string of the molecule is CCn1cnnc1C1(C)COCC1N. The van der Waals surface area contributed by atoms with Gasteiger partial charge >= 0.3 is 0 Å². The number of aryl methyl sites for hydroxylation is 1. The molecule has 0 amide bonds. The van der Waals surface area contributed by atoms with Crippen LogP contribution >= 0.6 is 0 Å². The Morgan fingerprint density at radius 2 is 2.57 bits per heavy atom. The Hall–Kier alpha value is -0.940. The number of nitrogens with two attached hydrogens (primary N) is 1. The van der Waals surface area contributed by atoms with Crippen LogP contribution in [0.25, 0.3) is 0 Å². The van der Waals surface area contributed by atoms with Crippen LogP contribution < -0.4 is 5.73 Å². The van der Waals surface area contributed by atoms with Crippen molar-refractivity contribution in [3.05, 3.63) is 12.2 Å². The summed E-state index contributed by atoms with van der Waals surface area (Å²) in [4.78, 5) is 0. The fraction of sp³-hybridized carbons (Fsp3) is 0.778. The molecule has 5 nitrogen and oxygen atoms in total. The number of hydrogen-bond donors (Lipinski definition) is 1. The predicted octanol–water partition coefficient (Wildman–Crippen LogP) is -0.0868. The minimum absolute atomic E-state index is 0.0111. The lowest BCUT2D eigenvalue weighted by atomic mass is 9.85. The Bertz CT molecular complexity index is 324. The minimum atomic E-state index is -0.188. The molecule has 0 saturated carbocycles. The van der Waals surface area contributed by atoms with Crippen molar-refractivity contribution in [3.8, 4) is 0 Å². The van der Waals surface area contributed by atoms with E-state index in [1.165, 1.54) is 0 Å². The molecule has 2 N–H and O–H groups in total. The van der Waals surface area contributed by atoms with Gasteiger partial charge in [0.05, 0.1) is 18.6 Å². The lowest BCUT2D eigenvalue weighted by Gasteiger charge is -2.25. The van der Waals surface area contributed by atoms with Crippen LogP contribution in [0, 0.1) is 0 Å². The van der Waals surface area contributed by atoms with E-state index in [0.29, 0.717) is 13.2 Å². The molecule has 14 heavy (non-hydrogen) atoms. The molecule has 0 spiro atoms. The van der Waals surface area contributed by atoms with Gasteiger partial charge in [0.25, 0.3) is 0 Å². The molecule has 1 fully saturated rings. The zero-order valence-electron chi connectivity index (χ0n) is 8.60. The standard InChI is InChI=1S/C9H16N4O/c1-3-13-6-11-12-8(13)9(2)5-14-4-7(9)10/h6-7H,3-5,10H2,1-2H3. The lowest BCUT2D eigenvalue weighted by Crippen LogP contribution is -2.43. The van der Waals surface area contributed by atoms with Crippen molar-refractivity contribution >= 4 is 0 Å². The highest BCUT2D eigenvalue weighted by atomic mass is 16.5. The second-order valence-corrected chi connectivity index (χ2v) is 3.98. The fourth-order valence-corrected chi connectivity index (χ4v) is 1.85. The molecule has 1 aromatic rings. The van der Waals surface area contributed by atoms with Crippen molar-refractivity contribution in [1.82, 2.24) is 14.8 Å². The Balaban J connectivity index is 2.37. The number of hydrogen-bond acceptors (Lipinski definition) is 4. The first kappa shape index (κ1) is 9.61. The number of aromatic nitrogens is 3. The molecular weight excluding hydrogens is 180 g/mol. The predicted molar refractivity (Wildman–Crippen MR) is 51.8 cm³/mol. The molecule has 1 saturated heterocycles. The van der Waals surface area contributed by atoms with Gasteiger partial charge in [-0.2, -0.15) is 0 Å². The van der Waals surface area contributed by atoms with Gasteiger partial charge in [-0.1, -0.05) is 0 Å². The molecule has 5 heteroatoms. The van der Waals surface area contributed by atoms with Crippen molar-refractivity contribution in [2.75, 3.05) is 13.2 Å². The molecule has 1 aromatic heterocycles. The first-order chi connectivity index (χ1) is 6.68. The zero-order valence-corrected chi connectivity index (χ0v) is 8.60. The number of ether oxygens (including phenoxy) is 1. The first-order valence-corrected chi connectivity index (χ1v) is 4.90. The van der Waals surface area contributed by atoms with E-state index in [2.05, 4.69) is 24.0 Å². The molecule has 0 aliphatic carbocycles. The van der Waals surface area contributed by atoms with Gasteiger partial charge in [0, 0.05) is 12.6 Å². The van der Waals surface area contributed by atoms with E-state index < -0.39 is 0 Å². The summed E-state index contributed by atoms with van der Waals surface area (Å²) in [6.07, 6.45) is 1.74. The van der Waals surface area contributed by atoms with Gasteiger partial charge in [0.1, 0.15) is 12.2 Å². The zero-order chi connectivity index (χ0) is 10.2. The van der Waals surface area contributed by atoms with Gasteiger partial charge in [0.15, 0.2) is 0 Å². The van der Waals surface area contributed by atoms with Crippen LogP contribution in [-0.4, -0.2) is 34.0 Å². The summed E-state index contributed by atoms with van der Waals surface area (Å²) in [7, 11) is 0. The van der Waals surface area contributed by atoms with E-state index in [0.717, 1.165) is 12.4 Å². The first-order valence-electron chi connectivity index (χ1n) is 4.90. The topological polar surface area (TPSA) is 66.0 Å². The van der Waals surface area contributed by atoms with Gasteiger partial charge in [0.2, 0.25) is 0 Å². The third-order valence-electron chi connectivity index (χ3n) is 2.98. The lowest BCUT2D eigenvalue weighted by molar-refractivity contribution is 0.177. The summed E-state index contributed by atoms with van der Waals surface area (Å²) in [6.45, 7) is 6.25. The van der Waals surface area contributed by atoms with E-state index in [-0.39, 0.29) is 11.5 Å². The molecule has 2 atom stereocenters. The second-order valence-electron chi connectivity index (χ2n) is 3.98. The maximum Gasteiger partial charge on any atom is 0.142 e. The molecule has 2 rings (SSSR count). The van der Waals surface area contributed by atoms with Gasteiger partial charge in [-0.05, 0) is 13.8 Å². The Morgan fingerprint density at radius 3 is 3.14 bits per heavy atom. The highest BCUT2D eigenvalue weighted by Crippen LogP contribution is 2.30. The van der Waals surface area contributed by atoms with E-state index in [9.17, 15) is 0 Å². The van der Waals surface area contributed by atoms with E-state index in [1.807, 2.05) is 4.57 Å². The molecule has 0 aromatic carbocycles. The molecule has 1 aliphatic rings. The van der Waals surface area contributed by atoms with Crippen LogP contribution in [0.5, 0.6) is 0 Å². The van der Waals surface area contributed by atoms with E-state index >= 15 is 0 Å². The monoisotopic (exact) mass is 196 g/mol. The van der Waals surface area contributed by atoms with Crippen LogP contribution in [-0.2, 0) is 16.7 Å². The molecule has 78 valence electrons. The highest BCUT2D eigenvalue weighted by molar-refractivity contribution is 5.13. The fourth-order valence-electron chi connectivity index (χ4n) is 1.85. The molecule has 0 radical (unpaired) electrons. The largest absolute Gasteiger partial charge is 0.379 e. The summed E-state index contributed by atoms with van der Waals surface area (Å²) in [5, 5.41) is 8.06. The third kappa shape index (κ3) is 1.24. The smallest absolute Gasteiger partial charge is 0.142 e. The van der Waals surface area contributed by atoms with E-state index in [4.69, 9.17) is 10.5 Å². The van der Waals surface area contributed by atoms with Crippen LogP contribution in [0.4, 0.5) is 0 Å². The number of nitrogens with zero attached hydrogens (tertiary/aromatic N) is 3. The van der Waals surface area contributed by atoms with Crippen molar-refractivity contribution in [3.63, 3.8) is 0 Å². The van der Waals surface area contributed by atoms with Crippen molar-refractivity contribution < 1.29 is 4.74 Å². The van der Waals surface area contributed by atoms with E-state index in [1.54, 1.807) is 6.33 Å². The summed E-state index contributed by atoms with van der Waals surface area (Å²) in [6, 6.07) is 0.0111. The second kappa shape index (κ2) is 3.33. The van der Waals surface area contributed by atoms with Crippen LogP contribution in [0.3, 0.4) is 0 Å². The summed E-state index contributed by atoms with van der Waals surface area (Å²) in [5.41, 5.74) is 5.83. The minimum Gasteiger partial charge on any atom is -0.379 e. The Morgan fingerprint density at radius 1 is 1.79 bits per heavy atom. The Kier molecular flexibility index (Phi) is 2.28. The van der Waals surface area contributed by atoms with Gasteiger partial charge in [-0.25, -0.2) is 0 Å². The summed E-state index contributed by atoms with van der Waals surface area (Å²) >= 11 is 0. The maximum absolute atomic E-state index is 6.02. The average Bonchev–Trinajstić information content (AvgIpc) is 2.75. The summed E-state index contributed by atoms with van der Waals surface area (Å²) < 4.78 is 7.41. The van der Waals surface area contributed by atoms with Gasteiger partial charge in [-0.15, -0.1) is 10.2 Å². The van der Waals surface area contributed by atoms with Crippen LogP contribution in [0.1, 0.15) is 19.7 Å². The molecule has 0 bridgehead atoms. The molecule has 2 heterocycles. The third-order valence-corrected chi connectivity index (χ3v) is 2.98. The number of rotatable bonds is 2. The molecule has 1 aliphatic heterocycles. The van der Waals surface area contributed by atoms with Crippen molar-refractivity contribution in [2.45, 2.75) is 31.8 Å². The van der Waals surface area contributed by atoms with Crippen molar-refractivity contribution in [2.24, 2.45) is 5.73 Å². The van der Waals surface area contributed by atoms with Crippen molar-refractivity contribution in [1.29, 1.82) is 0 Å².